The molecular weight excluding hydrogens is 239 g/mol. The van der Waals surface area contributed by atoms with E-state index in [1.807, 2.05) is 0 Å². The van der Waals surface area contributed by atoms with Gasteiger partial charge in [-0.2, -0.15) is 0 Å². The Labute approximate surface area is 103 Å². The van der Waals surface area contributed by atoms with Gasteiger partial charge in [-0.05, 0) is 35.4 Å². The van der Waals surface area contributed by atoms with Crippen LogP contribution in [0.3, 0.4) is 0 Å². The molecule has 0 radical (unpaired) electrons. The van der Waals surface area contributed by atoms with Gasteiger partial charge in [0.25, 0.3) is 0 Å². The summed E-state index contributed by atoms with van der Waals surface area (Å²) in [6.07, 6.45) is 0. The summed E-state index contributed by atoms with van der Waals surface area (Å²) in [5.74, 6) is -0.894. The van der Waals surface area contributed by atoms with E-state index in [4.69, 9.17) is 5.73 Å². The Bertz CT molecular complexity index is 474. The van der Waals surface area contributed by atoms with Crippen LogP contribution in [0, 0.1) is 11.6 Å². The van der Waals surface area contributed by atoms with E-state index in [0.717, 1.165) is 0 Å². The summed E-state index contributed by atoms with van der Waals surface area (Å²) in [5.41, 5.74) is 4.04. The SMILES string of the molecule is NCC(F)(c1ccc(F)cc1)c1ccc(F)cc1. The highest BCUT2D eigenvalue weighted by Crippen LogP contribution is 2.33. The maximum atomic E-state index is 14.9. The highest BCUT2D eigenvalue weighted by molar-refractivity contribution is 5.36. The van der Waals surface area contributed by atoms with Gasteiger partial charge in [0.05, 0.1) is 0 Å². The van der Waals surface area contributed by atoms with E-state index in [-0.39, 0.29) is 17.7 Å². The molecule has 4 heteroatoms. The van der Waals surface area contributed by atoms with Crippen LogP contribution in [0.25, 0.3) is 0 Å². The van der Waals surface area contributed by atoms with Crippen molar-refractivity contribution < 1.29 is 13.2 Å². The lowest BCUT2D eigenvalue weighted by atomic mass is 9.88. The number of benzene rings is 2. The van der Waals surface area contributed by atoms with Crippen LogP contribution in [-0.2, 0) is 5.67 Å². The van der Waals surface area contributed by atoms with Gasteiger partial charge in [-0.1, -0.05) is 24.3 Å². The van der Waals surface area contributed by atoms with Crippen molar-refractivity contribution in [2.24, 2.45) is 5.73 Å². The molecule has 0 saturated carbocycles. The summed E-state index contributed by atoms with van der Waals surface area (Å²) >= 11 is 0. The maximum Gasteiger partial charge on any atom is 0.173 e. The van der Waals surface area contributed by atoms with Crippen LogP contribution in [0.1, 0.15) is 11.1 Å². The molecule has 0 spiro atoms. The molecule has 2 N–H and O–H groups in total. The number of halogens is 3. The molecule has 0 aliphatic rings. The molecule has 0 saturated heterocycles. The van der Waals surface area contributed by atoms with E-state index in [9.17, 15) is 13.2 Å². The van der Waals surface area contributed by atoms with Gasteiger partial charge >= 0.3 is 0 Å². The molecule has 0 unspecified atom stereocenters. The average molecular weight is 251 g/mol. The van der Waals surface area contributed by atoms with Gasteiger partial charge in [-0.25, -0.2) is 13.2 Å². The Morgan fingerprint density at radius 2 is 1.11 bits per heavy atom. The summed E-state index contributed by atoms with van der Waals surface area (Å²) in [7, 11) is 0. The number of alkyl halides is 1. The monoisotopic (exact) mass is 251 g/mol. The lowest BCUT2D eigenvalue weighted by Gasteiger charge is -2.24. The zero-order chi connectivity index (χ0) is 13.2. The number of rotatable bonds is 3. The second-order valence-electron chi connectivity index (χ2n) is 4.02. The van der Waals surface area contributed by atoms with E-state index in [1.165, 1.54) is 48.5 Å². The molecule has 1 nitrogen and oxygen atoms in total. The number of nitrogens with two attached hydrogens (primary N) is 1. The van der Waals surface area contributed by atoms with Crippen molar-refractivity contribution in [1.82, 2.24) is 0 Å². The van der Waals surface area contributed by atoms with Gasteiger partial charge in [0.2, 0.25) is 0 Å². The molecule has 0 atom stereocenters. The van der Waals surface area contributed by atoms with Crippen molar-refractivity contribution in [1.29, 1.82) is 0 Å². The Balaban J connectivity index is 2.47. The van der Waals surface area contributed by atoms with E-state index in [1.54, 1.807) is 0 Å². The Hall–Kier alpha value is -1.81. The predicted octanol–water partition coefficient (Wildman–Crippen LogP) is 3.14. The predicted molar refractivity (Wildman–Crippen MR) is 63.7 cm³/mol. The topological polar surface area (TPSA) is 26.0 Å². The van der Waals surface area contributed by atoms with Crippen LogP contribution in [-0.4, -0.2) is 6.54 Å². The second kappa shape index (κ2) is 4.82. The molecule has 0 aromatic heterocycles. The zero-order valence-electron chi connectivity index (χ0n) is 9.54. The van der Waals surface area contributed by atoms with Crippen molar-refractivity contribution in [2.45, 2.75) is 5.67 Å². The van der Waals surface area contributed by atoms with Crippen molar-refractivity contribution in [3.63, 3.8) is 0 Å². The summed E-state index contributed by atoms with van der Waals surface area (Å²) < 4.78 is 40.5. The first kappa shape index (κ1) is 12.6. The molecule has 0 bridgehead atoms. The molecule has 18 heavy (non-hydrogen) atoms. The zero-order valence-corrected chi connectivity index (χ0v) is 9.54. The van der Waals surface area contributed by atoms with E-state index in [2.05, 4.69) is 0 Å². The third-order valence-electron chi connectivity index (χ3n) is 2.88. The molecule has 2 rings (SSSR count). The fourth-order valence-corrected chi connectivity index (χ4v) is 1.83. The lowest BCUT2D eigenvalue weighted by Crippen LogP contribution is -2.31. The Morgan fingerprint density at radius 3 is 1.39 bits per heavy atom. The van der Waals surface area contributed by atoms with Crippen molar-refractivity contribution in [3.8, 4) is 0 Å². The van der Waals surface area contributed by atoms with Crippen molar-refractivity contribution in [3.05, 3.63) is 71.3 Å². The van der Waals surface area contributed by atoms with Crippen LogP contribution in [0.15, 0.2) is 48.5 Å². The second-order valence-corrected chi connectivity index (χ2v) is 4.02. The molecule has 0 aliphatic carbocycles. The van der Waals surface area contributed by atoms with Crippen LogP contribution in [0.4, 0.5) is 13.2 Å². The molecule has 0 aliphatic heterocycles. The highest BCUT2D eigenvalue weighted by atomic mass is 19.1. The highest BCUT2D eigenvalue weighted by Gasteiger charge is 2.32. The van der Waals surface area contributed by atoms with Gasteiger partial charge in [0.15, 0.2) is 5.67 Å². The van der Waals surface area contributed by atoms with Gasteiger partial charge in [0.1, 0.15) is 11.6 Å². The first-order chi connectivity index (χ1) is 8.56. The summed E-state index contributed by atoms with van der Waals surface area (Å²) in [4.78, 5) is 0. The normalized spacial score (nSPS) is 11.6. The quantitative estimate of drug-likeness (QED) is 0.891. The van der Waals surface area contributed by atoms with Gasteiger partial charge in [-0.3, -0.25) is 0 Å². The fraction of sp³-hybridized carbons (Fsp3) is 0.143. The molecule has 0 fully saturated rings. The fourth-order valence-electron chi connectivity index (χ4n) is 1.83. The lowest BCUT2D eigenvalue weighted by molar-refractivity contribution is 0.232. The third-order valence-corrected chi connectivity index (χ3v) is 2.88. The third kappa shape index (κ3) is 2.24. The first-order valence-corrected chi connectivity index (χ1v) is 5.47. The van der Waals surface area contributed by atoms with E-state index in [0.29, 0.717) is 0 Å². The molecule has 0 amide bonds. The minimum Gasteiger partial charge on any atom is -0.327 e. The van der Waals surface area contributed by atoms with E-state index >= 15 is 0 Å². The van der Waals surface area contributed by atoms with Crippen LogP contribution >= 0.6 is 0 Å². The number of hydrogen-bond acceptors (Lipinski definition) is 1. The van der Waals surface area contributed by atoms with Gasteiger partial charge < -0.3 is 5.73 Å². The van der Waals surface area contributed by atoms with Crippen LogP contribution in [0.5, 0.6) is 0 Å². The molecule has 2 aromatic carbocycles. The van der Waals surface area contributed by atoms with Crippen LogP contribution < -0.4 is 5.73 Å². The summed E-state index contributed by atoms with van der Waals surface area (Å²) in [6.45, 7) is -0.301. The van der Waals surface area contributed by atoms with Gasteiger partial charge in [-0.15, -0.1) is 0 Å². The van der Waals surface area contributed by atoms with Crippen molar-refractivity contribution >= 4 is 0 Å². The van der Waals surface area contributed by atoms with Crippen LogP contribution in [0.2, 0.25) is 0 Å². The Kier molecular flexibility index (Phi) is 3.39. The molecule has 94 valence electrons. The maximum absolute atomic E-state index is 14.9. The molecule has 0 heterocycles. The Morgan fingerprint density at radius 1 is 0.778 bits per heavy atom. The largest absolute Gasteiger partial charge is 0.327 e. The smallest absolute Gasteiger partial charge is 0.173 e. The van der Waals surface area contributed by atoms with E-state index < -0.39 is 17.3 Å². The van der Waals surface area contributed by atoms with Crippen molar-refractivity contribution in [2.75, 3.05) is 6.54 Å². The minimum absolute atomic E-state index is 0.248. The first-order valence-electron chi connectivity index (χ1n) is 5.47. The molecule has 2 aromatic rings. The van der Waals surface area contributed by atoms with Gasteiger partial charge in [0, 0.05) is 6.54 Å². The standard InChI is InChI=1S/C14H12F3N/c15-12-5-1-10(2-6-12)14(17,9-18)11-3-7-13(16)8-4-11/h1-8H,9,18H2. The average Bonchev–Trinajstić information content (AvgIpc) is 2.39. The minimum atomic E-state index is -1.94. The summed E-state index contributed by atoms with van der Waals surface area (Å²) in [6, 6.07) is 10.0. The molecular formula is C14H12F3N. The number of hydrogen-bond donors (Lipinski definition) is 1. The summed E-state index contributed by atoms with van der Waals surface area (Å²) in [5, 5.41) is 0.